The summed E-state index contributed by atoms with van der Waals surface area (Å²) in [6.07, 6.45) is 4.38. The normalized spacial score (nSPS) is 53.0. The van der Waals surface area contributed by atoms with Crippen LogP contribution in [0.2, 0.25) is 0 Å². The number of hydrogen-bond donors (Lipinski definition) is 0. The van der Waals surface area contributed by atoms with Crippen molar-refractivity contribution in [3.8, 4) is 0 Å². The summed E-state index contributed by atoms with van der Waals surface area (Å²) in [5, 5.41) is 0. The highest BCUT2D eigenvalue weighted by molar-refractivity contribution is 4.87. The van der Waals surface area contributed by atoms with Crippen molar-refractivity contribution in [2.45, 2.75) is 25.2 Å². The van der Waals surface area contributed by atoms with Crippen LogP contribution in [-0.4, -0.2) is 97.6 Å². The topological polar surface area (TPSA) is 6.48 Å². The van der Waals surface area contributed by atoms with E-state index in [4.69, 9.17) is 0 Å². The van der Waals surface area contributed by atoms with Gasteiger partial charge in [0.25, 0.3) is 0 Å². The number of nitrogens with zero attached hydrogens (tertiary/aromatic N) is 4. The van der Waals surface area contributed by atoms with E-state index >= 15 is 0 Å². The van der Waals surface area contributed by atoms with Crippen molar-refractivity contribution in [1.82, 2.24) is 9.80 Å². The van der Waals surface area contributed by atoms with E-state index in [1.54, 1.807) is 0 Å². The first kappa shape index (κ1) is 11.6. The third-order valence-electron chi connectivity index (χ3n) is 6.32. The molecule has 4 aliphatic rings. The van der Waals surface area contributed by atoms with E-state index in [9.17, 15) is 0 Å². The molecule has 4 rings (SSSR count). The maximum atomic E-state index is 2.83. The smallest absolute Gasteiger partial charge is 0.213 e. The van der Waals surface area contributed by atoms with Crippen LogP contribution in [0.4, 0.5) is 0 Å². The van der Waals surface area contributed by atoms with Crippen LogP contribution in [0.1, 0.15) is 12.8 Å². The molecule has 0 spiro atoms. The minimum absolute atomic E-state index is 0.784. The molecule has 18 heavy (non-hydrogen) atoms. The van der Waals surface area contributed by atoms with Crippen molar-refractivity contribution in [1.29, 1.82) is 0 Å². The Morgan fingerprint density at radius 2 is 1.11 bits per heavy atom. The molecule has 4 aliphatic heterocycles. The highest BCUT2D eigenvalue weighted by atomic mass is 15.6. The van der Waals surface area contributed by atoms with Gasteiger partial charge in [0.2, 0.25) is 12.3 Å². The Kier molecular flexibility index (Phi) is 2.39. The Balaban J connectivity index is 1.76. The lowest BCUT2D eigenvalue weighted by atomic mass is 9.96. The molecule has 4 heteroatoms. The second-order valence-corrected chi connectivity index (χ2v) is 7.46. The summed E-state index contributed by atoms with van der Waals surface area (Å²) in [5.74, 6) is 0. The van der Waals surface area contributed by atoms with Gasteiger partial charge in [0.1, 0.15) is 0 Å². The van der Waals surface area contributed by atoms with Crippen LogP contribution in [0.15, 0.2) is 0 Å². The molecule has 0 radical (unpaired) electrons. The number of hydrogen-bond acceptors (Lipinski definition) is 2. The van der Waals surface area contributed by atoms with Crippen LogP contribution in [-0.2, 0) is 0 Å². The van der Waals surface area contributed by atoms with Crippen molar-refractivity contribution in [2.75, 3.05) is 66.5 Å². The maximum Gasteiger partial charge on any atom is 0.213 e. The molecule has 4 heterocycles. The Morgan fingerprint density at radius 3 is 1.56 bits per heavy atom. The first-order valence-corrected chi connectivity index (χ1v) is 7.79. The second kappa shape index (κ2) is 3.69. The van der Waals surface area contributed by atoms with Gasteiger partial charge in [-0.25, -0.2) is 9.80 Å². The first-order chi connectivity index (χ1) is 8.62. The molecule has 0 saturated carbocycles. The molecule has 0 amide bonds. The van der Waals surface area contributed by atoms with Gasteiger partial charge in [-0.05, 0) is 0 Å². The largest absolute Gasteiger partial charge is 0.304 e. The zero-order valence-electron chi connectivity index (χ0n) is 12.0. The average Bonchev–Trinajstić information content (AvgIpc) is 2.36. The van der Waals surface area contributed by atoms with E-state index in [1.165, 1.54) is 74.2 Å². The van der Waals surface area contributed by atoms with E-state index < -0.39 is 0 Å². The zero-order valence-corrected chi connectivity index (χ0v) is 12.0. The molecule has 4 nitrogen and oxygen atoms in total. The van der Waals surface area contributed by atoms with Gasteiger partial charge in [0, 0.05) is 25.9 Å². The molecule has 0 bridgehead atoms. The highest BCUT2D eigenvalue weighted by Crippen LogP contribution is 2.39. The molecule has 4 saturated heterocycles. The molecular formula is C14H28N4+2. The van der Waals surface area contributed by atoms with Gasteiger partial charge >= 0.3 is 0 Å². The van der Waals surface area contributed by atoms with E-state index in [0.717, 1.165) is 12.3 Å². The fraction of sp³-hybridized carbons (Fsp3) is 1.00. The van der Waals surface area contributed by atoms with E-state index in [0.29, 0.717) is 0 Å². The van der Waals surface area contributed by atoms with Crippen LogP contribution in [0.5, 0.6) is 0 Å². The highest BCUT2D eigenvalue weighted by Gasteiger charge is 2.61. The van der Waals surface area contributed by atoms with Gasteiger partial charge in [-0.2, -0.15) is 0 Å². The Hall–Kier alpha value is -0.160. The van der Waals surface area contributed by atoms with Crippen molar-refractivity contribution >= 4 is 0 Å². The van der Waals surface area contributed by atoms with Crippen molar-refractivity contribution in [3.63, 3.8) is 0 Å². The van der Waals surface area contributed by atoms with Crippen LogP contribution in [0.25, 0.3) is 0 Å². The summed E-state index contributed by atoms with van der Waals surface area (Å²) in [6.45, 7) is 10.9. The monoisotopic (exact) mass is 252 g/mol. The standard InChI is InChI=1S/C14H28N4/c1-17-9-3-5-15-8-12-18(2)10-4-6-16(7-11-17)14(18)13(15)17/h13-14H,3-12H2,1-2H3/q+2/t13-,14-,17?,18?/m0/s1. The average molecular weight is 252 g/mol. The molecule has 2 unspecified atom stereocenters. The second-order valence-electron chi connectivity index (χ2n) is 7.46. The molecule has 4 fully saturated rings. The van der Waals surface area contributed by atoms with Gasteiger partial charge in [-0.1, -0.05) is 0 Å². The van der Waals surface area contributed by atoms with Crippen molar-refractivity contribution in [2.24, 2.45) is 0 Å². The Bertz CT molecular complexity index is 326. The van der Waals surface area contributed by atoms with E-state index in [1.807, 2.05) is 0 Å². The molecule has 0 N–H and O–H groups in total. The lowest BCUT2D eigenvalue weighted by Crippen LogP contribution is -2.86. The van der Waals surface area contributed by atoms with Gasteiger partial charge < -0.3 is 8.97 Å². The first-order valence-electron chi connectivity index (χ1n) is 7.79. The zero-order chi connectivity index (χ0) is 12.4. The van der Waals surface area contributed by atoms with Crippen molar-refractivity contribution < 1.29 is 8.97 Å². The minimum atomic E-state index is 0.784. The summed E-state index contributed by atoms with van der Waals surface area (Å²) in [4.78, 5) is 5.65. The molecule has 4 atom stereocenters. The molecule has 0 aliphatic carbocycles. The molecule has 102 valence electrons. The summed E-state index contributed by atoms with van der Waals surface area (Å²) in [5.41, 5.74) is 0. The lowest BCUT2D eigenvalue weighted by Gasteiger charge is -2.65. The van der Waals surface area contributed by atoms with Crippen molar-refractivity contribution in [3.05, 3.63) is 0 Å². The van der Waals surface area contributed by atoms with Crippen LogP contribution in [0, 0.1) is 0 Å². The third-order valence-corrected chi connectivity index (χ3v) is 6.32. The van der Waals surface area contributed by atoms with Gasteiger partial charge in [0.15, 0.2) is 0 Å². The number of rotatable bonds is 0. The van der Waals surface area contributed by atoms with E-state index in [2.05, 4.69) is 23.9 Å². The number of likely N-dealkylation sites (N-methyl/N-ethyl adjacent to an activating group) is 2. The summed E-state index contributed by atoms with van der Waals surface area (Å²) >= 11 is 0. The number of piperazine rings is 2. The third kappa shape index (κ3) is 1.40. The molecule has 0 aromatic rings. The van der Waals surface area contributed by atoms with E-state index in [-0.39, 0.29) is 0 Å². The van der Waals surface area contributed by atoms with Gasteiger partial charge in [-0.15, -0.1) is 0 Å². The lowest BCUT2D eigenvalue weighted by molar-refractivity contribution is -1.04. The maximum absolute atomic E-state index is 2.83. The SMILES string of the molecule is C[N+]12CCCN3CC[N+]4(C)CCCN(CC1)[C@@H]4[C@@H]32. The van der Waals surface area contributed by atoms with Crippen LogP contribution >= 0.6 is 0 Å². The summed E-state index contributed by atoms with van der Waals surface area (Å²) in [6, 6.07) is 0. The molecule has 0 aromatic carbocycles. The molecule has 0 aromatic heterocycles. The Morgan fingerprint density at radius 1 is 0.667 bits per heavy atom. The predicted molar refractivity (Wildman–Crippen MR) is 71.8 cm³/mol. The Labute approximate surface area is 111 Å². The van der Waals surface area contributed by atoms with Gasteiger partial charge in [-0.3, -0.25) is 0 Å². The predicted octanol–water partition coefficient (Wildman–Crippen LogP) is -0.0296. The van der Waals surface area contributed by atoms with Crippen LogP contribution in [0.3, 0.4) is 0 Å². The van der Waals surface area contributed by atoms with Crippen LogP contribution < -0.4 is 0 Å². The fourth-order valence-electron chi connectivity index (χ4n) is 5.30. The quantitative estimate of drug-likeness (QED) is 0.559. The molecular weight excluding hydrogens is 224 g/mol. The number of quaternary nitrogens is 2. The summed E-state index contributed by atoms with van der Waals surface area (Å²) < 4.78 is 2.66. The minimum Gasteiger partial charge on any atom is -0.304 e. The van der Waals surface area contributed by atoms with Gasteiger partial charge in [0.05, 0.1) is 53.4 Å². The fourth-order valence-corrected chi connectivity index (χ4v) is 5.30. The summed E-state index contributed by atoms with van der Waals surface area (Å²) in [7, 11) is 5.05.